The number of nitrogens with zero attached hydrogens (tertiary/aromatic N) is 2. The summed E-state index contributed by atoms with van der Waals surface area (Å²) >= 11 is 0. The van der Waals surface area contributed by atoms with Crippen LogP contribution in [-0.2, 0) is 0 Å². The van der Waals surface area contributed by atoms with Gasteiger partial charge >= 0.3 is 6.03 Å². The van der Waals surface area contributed by atoms with E-state index < -0.39 is 0 Å². The molecule has 0 aromatic rings. The highest BCUT2D eigenvalue weighted by atomic mass is 16.2. The van der Waals surface area contributed by atoms with E-state index in [4.69, 9.17) is 0 Å². The lowest BCUT2D eigenvalue weighted by Gasteiger charge is -2.32. The zero-order chi connectivity index (χ0) is 12.8. The summed E-state index contributed by atoms with van der Waals surface area (Å²) in [7, 11) is 0. The molecule has 0 saturated carbocycles. The molecular formula is C13H26N4O. The van der Waals surface area contributed by atoms with Gasteiger partial charge in [-0.1, -0.05) is 6.92 Å². The van der Waals surface area contributed by atoms with E-state index in [0.29, 0.717) is 0 Å². The summed E-state index contributed by atoms with van der Waals surface area (Å²) in [5.41, 5.74) is 0. The van der Waals surface area contributed by atoms with E-state index in [0.717, 1.165) is 38.6 Å². The Morgan fingerprint density at radius 1 is 1.28 bits per heavy atom. The maximum absolute atomic E-state index is 11.4. The Balaban J connectivity index is 1.60. The third-order valence-electron chi connectivity index (χ3n) is 4.02. The Morgan fingerprint density at radius 3 is 2.67 bits per heavy atom. The van der Waals surface area contributed by atoms with Crippen molar-refractivity contribution in [2.75, 3.05) is 52.4 Å². The zero-order valence-corrected chi connectivity index (χ0v) is 11.5. The van der Waals surface area contributed by atoms with Crippen molar-refractivity contribution in [3.63, 3.8) is 0 Å². The van der Waals surface area contributed by atoms with Gasteiger partial charge in [-0.25, -0.2) is 4.79 Å². The zero-order valence-electron chi connectivity index (χ0n) is 11.5. The van der Waals surface area contributed by atoms with E-state index in [2.05, 4.69) is 22.5 Å². The van der Waals surface area contributed by atoms with E-state index in [9.17, 15) is 4.79 Å². The maximum Gasteiger partial charge on any atom is 0.317 e. The van der Waals surface area contributed by atoms with Crippen LogP contribution in [0.5, 0.6) is 0 Å². The van der Waals surface area contributed by atoms with Crippen molar-refractivity contribution >= 4 is 6.03 Å². The van der Waals surface area contributed by atoms with E-state index in [1.165, 1.54) is 32.5 Å². The fraction of sp³-hybridized carbons (Fsp3) is 0.923. The SMILES string of the molecule is CCNCC1CCN(CCN2CCNC2=O)CC1. The van der Waals surface area contributed by atoms with Gasteiger partial charge in [0, 0.05) is 26.2 Å². The molecule has 5 heteroatoms. The Bertz CT molecular complexity index is 264. The molecule has 2 rings (SSSR count). The minimum absolute atomic E-state index is 0.108. The fourth-order valence-corrected chi connectivity index (χ4v) is 2.75. The number of amides is 2. The van der Waals surface area contributed by atoms with Crippen LogP contribution in [0.15, 0.2) is 0 Å². The molecule has 2 saturated heterocycles. The van der Waals surface area contributed by atoms with E-state index in [-0.39, 0.29) is 6.03 Å². The van der Waals surface area contributed by atoms with Crippen molar-refractivity contribution in [2.45, 2.75) is 19.8 Å². The standard InChI is InChI=1S/C13H26N4O/c1-2-14-11-12-3-6-16(7-4-12)9-10-17-8-5-15-13(17)18/h12,14H,2-11H2,1H3,(H,15,18). The molecule has 0 aromatic carbocycles. The third kappa shape index (κ3) is 3.85. The van der Waals surface area contributed by atoms with Crippen LogP contribution in [0.1, 0.15) is 19.8 Å². The molecule has 18 heavy (non-hydrogen) atoms. The highest BCUT2D eigenvalue weighted by molar-refractivity contribution is 5.76. The topological polar surface area (TPSA) is 47.6 Å². The molecule has 2 aliphatic rings. The lowest BCUT2D eigenvalue weighted by molar-refractivity contribution is 0.163. The van der Waals surface area contributed by atoms with Gasteiger partial charge in [0.25, 0.3) is 0 Å². The van der Waals surface area contributed by atoms with Crippen molar-refractivity contribution in [1.29, 1.82) is 0 Å². The Kier molecular flexibility index (Phi) is 5.26. The monoisotopic (exact) mass is 254 g/mol. The number of rotatable bonds is 6. The normalized spacial score (nSPS) is 22.5. The molecule has 0 bridgehead atoms. The van der Waals surface area contributed by atoms with E-state index in [1.807, 2.05) is 4.90 Å². The number of urea groups is 1. The van der Waals surface area contributed by atoms with Crippen LogP contribution in [0.25, 0.3) is 0 Å². The molecule has 0 unspecified atom stereocenters. The first-order valence-corrected chi connectivity index (χ1v) is 7.25. The first-order valence-electron chi connectivity index (χ1n) is 7.25. The average molecular weight is 254 g/mol. The number of carbonyl (C=O) groups is 1. The lowest BCUT2D eigenvalue weighted by atomic mass is 9.97. The summed E-state index contributed by atoms with van der Waals surface area (Å²) in [5, 5.41) is 6.28. The van der Waals surface area contributed by atoms with Crippen LogP contribution in [-0.4, -0.2) is 68.2 Å². The quantitative estimate of drug-likeness (QED) is 0.718. The van der Waals surface area contributed by atoms with Crippen LogP contribution in [0.3, 0.4) is 0 Å². The van der Waals surface area contributed by atoms with Crippen LogP contribution in [0.2, 0.25) is 0 Å². The van der Waals surface area contributed by atoms with Gasteiger partial charge < -0.3 is 20.4 Å². The lowest BCUT2D eigenvalue weighted by Crippen LogP contribution is -2.42. The maximum atomic E-state index is 11.4. The molecule has 2 amide bonds. The highest BCUT2D eigenvalue weighted by Crippen LogP contribution is 2.16. The molecule has 104 valence electrons. The summed E-state index contributed by atoms with van der Waals surface area (Å²) < 4.78 is 0. The van der Waals surface area contributed by atoms with Gasteiger partial charge in [0.05, 0.1) is 0 Å². The van der Waals surface area contributed by atoms with Gasteiger partial charge in [0.1, 0.15) is 0 Å². The second-order valence-corrected chi connectivity index (χ2v) is 5.31. The van der Waals surface area contributed by atoms with Gasteiger partial charge in [-0.3, -0.25) is 0 Å². The van der Waals surface area contributed by atoms with Gasteiger partial charge in [-0.2, -0.15) is 0 Å². The summed E-state index contributed by atoms with van der Waals surface area (Å²) in [4.78, 5) is 15.8. The highest BCUT2D eigenvalue weighted by Gasteiger charge is 2.22. The third-order valence-corrected chi connectivity index (χ3v) is 4.02. The number of hydrogen-bond donors (Lipinski definition) is 2. The van der Waals surface area contributed by atoms with Gasteiger partial charge in [0.15, 0.2) is 0 Å². The van der Waals surface area contributed by atoms with E-state index in [1.54, 1.807) is 0 Å². The van der Waals surface area contributed by atoms with Crippen LogP contribution in [0.4, 0.5) is 4.79 Å². The van der Waals surface area contributed by atoms with Crippen molar-refractivity contribution in [3.05, 3.63) is 0 Å². The molecule has 2 N–H and O–H groups in total. The first-order chi connectivity index (χ1) is 8.79. The predicted molar refractivity (Wildman–Crippen MR) is 72.7 cm³/mol. The van der Waals surface area contributed by atoms with Crippen LogP contribution < -0.4 is 10.6 Å². The fourth-order valence-electron chi connectivity index (χ4n) is 2.75. The minimum Gasteiger partial charge on any atom is -0.336 e. The second kappa shape index (κ2) is 6.95. The average Bonchev–Trinajstić information content (AvgIpc) is 2.81. The van der Waals surface area contributed by atoms with Crippen molar-refractivity contribution < 1.29 is 4.79 Å². The van der Waals surface area contributed by atoms with Gasteiger partial charge in [-0.05, 0) is 44.9 Å². The predicted octanol–water partition coefficient (Wildman–Crippen LogP) is 0.333. The largest absolute Gasteiger partial charge is 0.336 e. The Morgan fingerprint density at radius 2 is 2.06 bits per heavy atom. The molecule has 2 fully saturated rings. The number of nitrogens with one attached hydrogen (secondary N) is 2. The van der Waals surface area contributed by atoms with E-state index >= 15 is 0 Å². The summed E-state index contributed by atoms with van der Waals surface area (Å²) in [6, 6.07) is 0.108. The smallest absolute Gasteiger partial charge is 0.317 e. The molecule has 0 aliphatic carbocycles. The summed E-state index contributed by atoms with van der Waals surface area (Å²) in [6.45, 7) is 10.4. The van der Waals surface area contributed by atoms with Gasteiger partial charge in [-0.15, -0.1) is 0 Å². The van der Waals surface area contributed by atoms with Crippen LogP contribution >= 0.6 is 0 Å². The number of likely N-dealkylation sites (tertiary alicyclic amines) is 1. The number of piperidine rings is 1. The molecule has 0 spiro atoms. The molecule has 0 atom stereocenters. The molecule has 5 nitrogen and oxygen atoms in total. The van der Waals surface area contributed by atoms with Crippen LogP contribution in [0, 0.1) is 5.92 Å². The summed E-state index contributed by atoms with van der Waals surface area (Å²) in [6.07, 6.45) is 2.58. The molecule has 2 heterocycles. The molecule has 2 aliphatic heterocycles. The Labute approximate surface area is 110 Å². The van der Waals surface area contributed by atoms with Crippen molar-refractivity contribution in [2.24, 2.45) is 5.92 Å². The second-order valence-electron chi connectivity index (χ2n) is 5.31. The van der Waals surface area contributed by atoms with Gasteiger partial charge in [0.2, 0.25) is 0 Å². The number of hydrogen-bond acceptors (Lipinski definition) is 3. The minimum atomic E-state index is 0.108. The first kappa shape index (κ1) is 13.6. The number of carbonyl (C=O) groups excluding carboxylic acids is 1. The van der Waals surface area contributed by atoms with Crippen molar-refractivity contribution in [3.8, 4) is 0 Å². The van der Waals surface area contributed by atoms with Crippen molar-refractivity contribution in [1.82, 2.24) is 20.4 Å². The molecule has 0 aromatic heterocycles. The molecular weight excluding hydrogens is 228 g/mol. The summed E-state index contributed by atoms with van der Waals surface area (Å²) in [5.74, 6) is 0.844. The molecule has 0 radical (unpaired) electrons. The Hall–Kier alpha value is -0.810.